The molecule has 1 aliphatic heterocycles. The lowest BCUT2D eigenvalue weighted by Gasteiger charge is -2.16. The maximum Gasteiger partial charge on any atom is 0.261 e. The SMILES string of the molecule is Cn1c(CN2CCCC2)nc2cc(C#Cc3cccc(F)c3)ccc2c1=O. The van der Waals surface area contributed by atoms with Gasteiger partial charge in [0.25, 0.3) is 5.56 Å². The monoisotopic (exact) mass is 361 g/mol. The van der Waals surface area contributed by atoms with E-state index in [2.05, 4.69) is 16.7 Å². The Bertz CT molecular complexity index is 1120. The van der Waals surface area contributed by atoms with Crippen molar-refractivity contribution in [3.05, 3.63) is 75.6 Å². The zero-order valence-electron chi connectivity index (χ0n) is 15.2. The lowest BCUT2D eigenvalue weighted by atomic mass is 10.1. The van der Waals surface area contributed by atoms with E-state index in [9.17, 15) is 9.18 Å². The predicted octanol–water partition coefficient (Wildman–Crippen LogP) is 3.07. The Labute approximate surface area is 157 Å². The largest absolute Gasteiger partial charge is 0.298 e. The normalized spacial score (nSPS) is 14.3. The van der Waals surface area contributed by atoms with Crippen LogP contribution in [0.5, 0.6) is 0 Å². The van der Waals surface area contributed by atoms with Gasteiger partial charge in [0.2, 0.25) is 0 Å². The van der Waals surface area contributed by atoms with Crippen molar-refractivity contribution < 1.29 is 4.39 Å². The van der Waals surface area contributed by atoms with Crippen LogP contribution < -0.4 is 5.56 Å². The molecule has 5 heteroatoms. The molecule has 4 rings (SSSR count). The van der Waals surface area contributed by atoms with E-state index in [1.165, 1.54) is 25.0 Å². The van der Waals surface area contributed by atoms with E-state index in [1.54, 1.807) is 35.9 Å². The first-order valence-electron chi connectivity index (χ1n) is 9.10. The molecule has 1 aliphatic rings. The zero-order valence-corrected chi connectivity index (χ0v) is 15.2. The lowest BCUT2D eigenvalue weighted by molar-refractivity contribution is 0.317. The number of aromatic nitrogens is 2. The summed E-state index contributed by atoms with van der Waals surface area (Å²) < 4.78 is 14.9. The molecule has 27 heavy (non-hydrogen) atoms. The summed E-state index contributed by atoms with van der Waals surface area (Å²) in [6, 6.07) is 11.6. The molecule has 0 N–H and O–H groups in total. The van der Waals surface area contributed by atoms with E-state index < -0.39 is 0 Å². The molecule has 0 amide bonds. The molecule has 136 valence electrons. The van der Waals surface area contributed by atoms with E-state index in [-0.39, 0.29) is 11.4 Å². The molecular formula is C22H20FN3O. The second kappa shape index (κ2) is 7.34. The smallest absolute Gasteiger partial charge is 0.261 e. The minimum atomic E-state index is -0.308. The number of fused-ring (bicyclic) bond motifs is 1. The summed E-state index contributed by atoms with van der Waals surface area (Å²) in [7, 11) is 1.78. The number of rotatable bonds is 2. The number of nitrogens with zero attached hydrogens (tertiary/aromatic N) is 3. The third-order valence-corrected chi connectivity index (χ3v) is 4.91. The molecule has 2 heterocycles. The highest BCUT2D eigenvalue weighted by atomic mass is 19.1. The van der Waals surface area contributed by atoms with Gasteiger partial charge in [-0.3, -0.25) is 14.3 Å². The summed E-state index contributed by atoms with van der Waals surface area (Å²) in [6.45, 7) is 2.78. The molecule has 3 aromatic rings. The summed E-state index contributed by atoms with van der Waals surface area (Å²) in [4.78, 5) is 19.7. The maximum absolute atomic E-state index is 13.3. The van der Waals surface area contributed by atoms with Crippen molar-refractivity contribution in [3.63, 3.8) is 0 Å². The number of halogens is 1. The van der Waals surface area contributed by atoms with Crippen molar-refractivity contribution in [3.8, 4) is 11.8 Å². The molecule has 2 aromatic carbocycles. The molecule has 0 saturated carbocycles. The van der Waals surface area contributed by atoms with Gasteiger partial charge in [0, 0.05) is 18.2 Å². The lowest BCUT2D eigenvalue weighted by Crippen LogP contribution is -2.28. The van der Waals surface area contributed by atoms with E-state index in [0.29, 0.717) is 23.0 Å². The fraction of sp³-hybridized carbons (Fsp3) is 0.273. The molecule has 0 unspecified atom stereocenters. The van der Waals surface area contributed by atoms with Crippen molar-refractivity contribution in [2.75, 3.05) is 13.1 Å². The standard InChI is InChI=1S/C22H20FN3O/c1-25-21(15-26-11-2-3-12-26)24-20-14-17(9-10-19(20)22(25)27)8-7-16-5-4-6-18(23)13-16/h4-6,9-10,13-14H,2-3,11-12,15H2,1H3. The second-order valence-electron chi connectivity index (χ2n) is 6.87. The predicted molar refractivity (Wildman–Crippen MR) is 104 cm³/mol. The van der Waals surface area contributed by atoms with Crippen LogP contribution in [-0.4, -0.2) is 27.5 Å². The van der Waals surface area contributed by atoms with Crippen LogP contribution in [0, 0.1) is 17.7 Å². The van der Waals surface area contributed by atoms with Gasteiger partial charge in [-0.2, -0.15) is 0 Å². The molecule has 1 saturated heterocycles. The topological polar surface area (TPSA) is 38.1 Å². The van der Waals surface area contributed by atoms with Crippen LogP contribution in [0.25, 0.3) is 10.9 Å². The Kier molecular flexibility index (Phi) is 4.74. The Morgan fingerprint density at radius 1 is 1.07 bits per heavy atom. The molecule has 0 aliphatic carbocycles. The third-order valence-electron chi connectivity index (χ3n) is 4.91. The molecule has 0 radical (unpaired) electrons. The van der Waals surface area contributed by atoms with Gasteiger partial charge in [-0.05, 0) is 62.3 Å². The Morgan fingerprint density at radius 3 is 2.56 bits per heavy atom. The average molecular weight is 361 g/mol. The molecule has 0 spiro atoms. The first kappa shape index (κ1) is 17.4. The van der Waals surface area contributed by atoms with Gasteiger partial charge < -0.3 is 0 Å². The van der Waals surface area contributed by atoms with Crippen LogP contribution in [0.4, 0.5) is 4.39 Å². The molecular weight excluding hydrogens is 341 g/mol. The second-order valence-corrected chi connectivity index (χ2v) is 6.87. The molecule has 0 bridgehead atoms. The summed E-state index contributed by atoms with van der Waals surface area (Å²) in [6.07, 6.45) is 2.39. The third kappa shape index (κ3) is 3.76. The summed E-state index contributed by atoms with van der Waals surface area (Å²) in [5.41, 5.74) is 1.97. The fourth-order valence-corrected chi connectivity index (χ4v) is 3.39. The average Bonchev–Trinajstić information content (AvgIpc) is 3.17. The van der Waals surface area contributed by atoms with E-state index in [4.69, 9.17) is 4.98 Å². The van der Waals surface area contributed by atoms with Crippen LogP contribution in [0.3, 0.4) is 0 Å². The van der Waals surface area contributed by atoms with E-state index >= 15 is 0 Å². The first-order valence-corrected chi connectivity index (χ1v) is 9.10. The summed E-state index contributed by atoms with van der Waals surface area (Å²) in [5, 5.41) is 0.582. The number of hydrogen-bond acceptors (Lipinski definition) is 3. The van der Waals surface area contributed by atoms with E-state index in [0.717, 1.165) is 24.5 Å². The van der Waals surface area contributed by atoms with Crippen molar-refractivity contribution in [1.82, 2.24) is 14.5 Å². The van der Waals surface area contributed by atoms with Crippen LogP contribution in [0.2, 0.25) is 0 Å². The number of benzene rings is 2. The van der Waals surface area contributed by atoms with Crippen molar-refractivity contribution in [2.45, 2.75) is 19.4 Å². The van der Waals surface area contributed by atoms with Crippen LogP contribution in [0.15, 0.2) is 47.3 Å². The van der Waals surface area contributed by atoms with Crippen LogP contribution in [-0.2, 0) is 13.6 Å². The van der Waals surface area contributed by atoms with Crippen molar-refractivity contribution >= 4 is 10.9 Å². The summed E-state index contributed by atoms with van der Waals surface area (Å²) in [5.74, 6) is 6.45. The summed E-state index contributed by atoms with van der Waals surface area (Å²) >= 11 is 0. The van der Waals surface area contributed by atoms with Gasteiger partial charge in [-0.1, -0.05) is 17.9 Å². The quantitative estimate of drug-likeness (QED) is 0.659. The van der Waals surface area contributed by atoms with E-state index in [1.807, 2.05) is 6.07 Å². The van der Waals surface area contributed by atoms with Gasteiger partial charge in [-0.15, -0.1) is 0 Å². The van der Waals surface area contributed by atoms with Crippen LogP contribution >= 0.6 is 0 Å². The van der Waals surface area contributed by atoms with Gasteiger partial charge in [0.15, 0.2) is 0 Å². The molecule has 0 atom stereocenters. The molecule has 4 nitrogen and oxygen atoms in total. The van der Waals surface area contributed by atoms with Crippen molar-refractivity contribution in [2.24, 2.45) is 7.05 Å². The molecule has 1 fully saturated rings. The van der Waals surface area contributed by atoms with Gasteiger partial charge in [0.05, 0.1) is 17.4 Å². The fourth-order valence-electron chi connectivity index (χ4n) is 3.39. The van der Waals surface area contributed by atoms with Gasteiger partial charge >= 0.3 is 0 Å². The van der Waals surface area contributed by atoms with Gasteiger partial charge in [0.1, 0.15) is 11.6 Å². The minimum absolute atomic E-state index is 0.0427. The van der Waals surface area contributed by atoms with Gasteiger partial charge in [-0.25, -0.2) is 9.37 Å². The maximum atomic E-state index is 13.3. The Hall–Kier alpha value is -2.97. The van der Waals surface area contributed by atoms with Crippen molar-refractivity contribution in [1.29, 1.82) is 0 Å². The highest BCUT2D eigenvalue weighted by Gasteiger charge is 2.15. The highest BCUT2D eigenvalue weighted by molar-refractivity contribution is 5.79. The first-order chi connectivity index (χ1) is 13.1. The number of likely N-dealkylation sites (tertiary alicyclic amines) is 1. The Morgan fingerprint density at radius 2 is 1.81 bits per heavy atom. The highest BCUT2D eigenvalue weighted by Crippen LogP contribution is 2.14. The zero-order chi connectivity index (χ0) is 18.8. The minimum Gasteiger partial charge on any atom is -0.298 e. The van der Waals surface area contributed by atoms with Crippen LogP contribution in [0.1, 0.15) is 29.8 Å². The Balaban J connectivity index is 1.70. The molecule has 1 aromatic heterocycles. The number of hydrogen-bond donors (Lipinski definition) is 0.